The van der Waals surface area contributed by atoms with Crippen molar-refractivity contribution in [1.82, 2.24) is 0 Å². The van der Waals surface area contributed by atoms with Crippen LogP contribution in [0, 0.1) is 59.2 Å². The summed E-state index contributed by atoms with van der Waals surface area (Å²) in [6.07, 6.45) is 18.2. The van der Waals surface area contributed by atoms with Crippen molar-refractivity contribution < 1.29 is 0 Å². The van der Waals surface area contributed by atoms with Crippen molar-refractivity contribution in [2.24, 2.45) is 59.2 Å². The van der Waals surface area contributed by atoms with Crippen molar-refractivity contribution in [2.75, 3.05) is 0 Å². The summed E-state index contributed by atoms with van der Waals surface area (Å²) in [4.78, 5) is 0. The Morgan fingerprint density at radius 1 is 0.464 bits per heavy atom. The molecule has 9 atom stereocenters. The molecule has 0 aromatic rings. The van der Waals surface area contributed by atoms with Crippen LogP contribution in [0.1, 0.15) is 119 Å². The van der Waals surface area contributed by atoms with Gasteiger partial charge in [0, 0.05) is 0 Å². The molecule has 0 heterocycles. The summed E-state index contributed by atoms with van der Waals surface area (Å²) in [6.45, 7) is 14.8. The largest absolute Gasteiger partial charge is 0.0656 e. The van der Waals surface area contributed by atoms with Gasteiger partial charge < -0.3 is 0 Å². The summed E-state index contributed by atoms with van der Waals surface area (Å²) < 4.78 is 0. The maximum atomic E-state index is 2.66. The van der Waals surface area contributed by atoms with Gasteiger partial charge in [0.15, 0.2) is 0 Å². The van der Waals surface area contributed by atoms with E-state index in [1.165, 1.54) is 44.9 Å². The van der Waals surface area contributed by atoms with Crippen molar-refractivity contribution in [1.29, 1.82) is 0 Å². The maximum absolute atomic E-state index is 2.66. The summed E-state index contributed by atoms with van der Waals surface area (Å²) in [5.41, 5.74) is 0. The molecule has 4 aliphatic rings. The molecule has 4 saturated carbocycles. The molecule has 0 nitrogen and oxygen atoms in total. The average molecular weight is 389 g/mol. The molecule has 4 rings (SSSR count). The van der Waals surface area contributed by atoms with Crippen LogP contribution >= 0.6 is 0 Å². The van der Waals surface area contributed by atoms with E-state index in [-0.39, 0.29) is 0 Å². The van der Waals surface area contributed by atoms with Gasteiger partial charge in [0.05, 0.1) is 0 Å². The van der Waals surface area contributed by atoms with Crippen molar-refractivity contribution in [3.8, 4) is 0 Å². The molecule has 0 radical (unpaired) electrons. The van der Waals surface area contributed by atoms with E-state index in [1.807, 2.05) is 0 Å². The summed E-state index contributed by atoms with van der Waals surface area (Å²) in [5, 5.41) is 0. The zero-order valence-electron chi connectivity index (χ0n) is 20.3. The second-order valence-corrected chi connectivity index (χ2v) is 11.6. The van der Waals surface area contributed by atoms with E-state index < -0.39 is 0 Å². The lowest BCUT2D eigenvalue weighted by atomic mass is 9.74. The number of hydrogen-bond donors (Lipinski definition) is 0. The highest BCUT2D eigenvalue weighted by molar-refractivity contribution is 5.00. The minimum absolute atomic E-state index is 0.984. The first-order valence-corrected chi connectivity index (χ1v) is 13.5. The van der Waals surface area contributed by atoms with Crippen LogP contribution in [0.5, 0.6) is 0 Å². The van der Waals surface area contributed by atoms with Gasteiger partial charge in [0.25, 0.3) is 0 Å². The van der Waals surface area contributed by atoms with Crippen LogP contribution in [0.15, 0.2) is 0 Å². The summed E-state index contributed by atoms with van der Waals surface area (Å²) in [6, 6.07) is 0. The van der Waals surface area contributed by atoms with E-state index in [0.29, 0.717) is 0 Å². The van der Waals surface area contributed by atoms with E-state index in [2.05, 4.69) is 41.5 Å². The van der Waals surface area contributed by atoms with Crippen LogP contribution in [0.2, 0.25) is 0 Å². The molecule has 9 unspecified atom stereocenters. The molecule has 28 heavy (non-hydrogen) atoms. The van der Waals surface area contributed by atoms with Crippen molar-refractivity contribution in [3.63, 3.8) is 0 Å². The Kier molecular flexibility index (Phi) is 8.38. The lowest BCUT2D eigenvalue weighted by Gasteiger charge is -2.32. The van der Waals surface area contributed by atoms with Gasteiger partial charge in [-0.3, -0.25) is 0 Å². The molecular formula is C28H52. The van der Waals surface area contributed by atoms with E-state index in [9.17, 15) is 0 Å². The zero-order chi connectivity index (χ0) is 20.3. The Morgan fingerprint density at radius 3 is 1.32 bits per heavy atom. The summed E-state index contributed by atoms with van der Waals surface area (Å²) >= 11 is 0. The van der Waals surface area contributed by atoms with Gasteiger partial charge in [-0.15, -0.1) is 0 Å². The van der Waals surface area contributed by atoms with E-state index in [4.69, 9.17) is 0 Å². The van der Waals surface area contributed by atoms with Crippen molar-refractivity contribution >= 4 is 0 Å². The normalized spacial score (nSPS) is 48.6. The molecule has 0 amide bonds. The third kappa shape index (κ3) is 4.51. The fraction of sp³-hybridized carbons (Fsp3) is 1.00. The second kappa shape index (κ2) is 10.3. The lowest BCUT2D eigenvalue weighted by molar-refractivity contribution is 0.175. The molecule has 0 spiro atoms. The first-order valence-electron chi connectivity index (χ1n) is 13.5. The molecule has 4 fully saturated rings. The predicted octanol–water partition coefficient (Wildman–Crippen LogP) is 8.99. The van der Waals surface area contributed by atoms with Gasteiger partial charge in [-0.2, -0.15) is 0 Å². The summed E-state index contributed by atoms with van der Waals surface area (Å²) in [7, 11) is 0. The van der Waals surface area contributed by atoms with Crippen LogP contribution in [0.4, 0.5) is 0 Å². The number of hydrogen-bond acceptors (Lipinski definition) is 0. The minimum atomic E-state index is 0.984. The highest BCUT2D eigenvalue weighted by atomic mass is 14.6. The first kappa shape index (κ1) is 22.7. The van der Waals surface area contributed by atoms with Gasteiger partial charge in [0.2, 0.25) is 0 Å². The van der Waals surface area contributed by atoms with Gasteiger partial charge in [-0.05, 0) is 91.3 Å². The Hall–Kier alpha value is 0. The molecule has 0 N–H and O–H groups in total. The van der Waals surface area contributed by atoms with Gasteiger partial charge >= 0.3 is 0 Å². The predicted molar refractivity (Wildman–Crippen MR) is 124 cm³/mol. The zero-order valence-corrected chi connectivity index (χ0v) is 20.3. The first-order chi connectivity index (χ1) is 13.5. The molecule has 0 heteroatoms. The van der Waals surface area contributed by atoms with E-state index in [0.717, 1.165) is 59.2 Å². The number of rotatable bonds is 2. The molecule has 0 aromatic carbocycles. The Balaban J connectivity index is 0.000000706. The minimum Gasteiger partial charge on any atom is -0.0656 e. The highest BCUT2D eigenvalue weighted by Crippen LogP contribution is 2.58. The number of fused-ring (bicyclic) bond motifs is 2. The van der Waals surface area contributed by atoms with E-state index >= 15 is 0 Å². The van der Waals surface area contributed by atoms with E-state index in [1.54, 1.807) is 32.1 Å². The Bertz CT molecular complexity index is 435. The molecule has 164 valence electrons. The molecule has 0 saturated heterocycles. The van der Waals surface area contributed by atoms with Crippen LogP contribution in [-0.2, 0) is 0 Å². The van der Waals surface area contributed by atoms with Crippen LogP contribution < -0.4 is 0 Å². The average Bonchev–Trinajstić information content (AvgIpc) is 2.97. The SMILES string of the molecule is CC1C(CC2C(C)C(C)C3CCCCCC32)C(C)C2CCCCCC12.CCC. The summed E-state index contributed by atoms with van der Waals surface area (Å²) in [5.74, 6) is 10.4. The standard InChI is InChI=1S/C25H44.C3H8/c1-16-17(2)25(23-14-10-6-7-11-20(16)23)15-24-18(3)21-12-8-5-9-13-22(21)19(24)4;1-3-2/h16-25H,5-15H2,1-4H3;3H2,1-2H3. The van der Waals surface area contributed by atoms with Gasteiger partial charge in [-0.25, -0.2) is 0 Å². The van der Waals surface area contributed by atoms with Gasteiger partial charge in [0.1, 0.15) is 0 Å². The fourth-order valence-electron chi connectivity index (χ4n) is 8.64. The van der Waals surface area contributed by atoms with Crippen LogP contribution in [-0.4, -0.2) is 0 Å². The molecule has 0 bridgehead atoms. The molecule has 0 aromatic heterocycles. The smallest absolute Gasteiger partial charge is 0.0352 e. The third-order valence-corrected chi connectivity index (χ3v) is 10.2. The topological polar surface area (TPSA) is 0 Å². The van der Waals surface area contributed by atoms with Gasteiger partial charge in [-0.1, -0.05) is 86.5 Å². The quantitative estimate of drug-likeness (QED) is 0.442. The third-order valence-electron chi connectivity index (χ3n) is 10.2. The van der Waals surface area contributed by atoms with Crippen LogP contribution in [0.3, 0.4) is 0 Å². The molecular weight excluding hydrogens is 336 g/mol. The lowest BCUT2D eigenvalue weighted by Crippen LogP contribution is -2.24. The Morgan fingerprint density at radius 2 is 0.857 bits per heavy atom. The maximum Gasteiger partial charge on any atom is -0.0352 e. The Labute approximate surface area is 178 Å². The fourth-order valence-corrected chi connectivity index (χ4v) is 8.64. The van der Waals surface area contributed by atoms with Crippen molar-refractivity contribution in [2.45, 2.75) is 119 Å². The highest BCUT2D eigenvalue weighted by Gasteiger charge is 2.51. The van der Waals surface area contributed by atoms with Crippen LogP contribution in [0.25, 0.3) is 0 Å². The monoisotopic (exact) mass is 388 g/mol. The second-order valence-electron chi connectivity index (χ2n) is 11.6. The molecule has 0 aliphatic heterocycles. The van der Waals surface area contributed by atoms with Crippen molar-refractivity contribution in [3.05, 3.63) is 0 Å². The molecule has 4 aliphatic carbocycles.